The van der Waals surface area contributed by atoms with E-state index < -0.39 is 10.0 Å². The lowest BCUT2D eigenvalue weighted by Crippen LogP contribution is -2.28. The van der Waals surface area contributed by atoms with Crippen LogP contribution in [0.25, 0.3) is 0 Å². The summed E-state index contributed by atoms with van der Waals surface area (Å²) in [5, 5.41) is 3.20. The van der Waals surface area contributed by atoms with E-state index in [0.29, 0.717) is 17.6 Å². The summed E-state index contributed by atoms with van der Waals surface area (Å²) in [6.07, 6.45) is 0.0894. The van der Waals surface area contributed by atoms with E-state index in [9.17, 15) is 8.42 Å². The highest BCUT2D eigenvalue weighted by Gasteiger charge is 2.17. The van der Waals surface area contributed by atoms with Crippen LogP contribution in [0.3, 0.4) is 0 Å². The number of ether oxygens (including phenoxy) is 1. The number of halogens is 1. The van der Waals surface area contributed by atoms with Gasteiger partial charge in [-0.1, -0.05) is 13.0 Å². The van der Waals surface area contributed by atoms with Crippen molar-refractivity contribution in [2.75, 3.05) is 19.7 Å². The molecule has 0 aliphatic heterocycles. The molecule has 1 aromatic rings. The molecule has 2 N–H and O–H groups in total. The van der Waals surface area contributed by atoms with Gasteiger partial charge >= 0.3 is 0 Å². The molecule has 0 spiro atoms. The largest absolute Gasteiger partial charge is 0.377 e. The van der Waals surface area contributed by atoms with Gasteiger partial charge in [-0.05, 0) is 54.0 Å². The Balaban J connectivity index is 2.70. The normalized spacial score (nSPS) is 12.0. The Morgan fingerprint density at radius 3 is 2.62 bits per heavy atom. The summed E-state index contributed by atoms with van der Waals surface area (Å²) < 4.78 is 32.8. The Morgan fingerprint density at radius 1 is 1.33 bits per heavy atom. The quantitative estimate of drug-likeness (QED) is 0.646. The van der Waals surface area contributed by atoms with Crippen molar-refractivity contribution in [1.29, 1.82) is 0 Å². The Bertz CT molecular complexity index is 547. The fourth-order valence-electron chi connectivity index (χ4n) is 1.69. The van der Waals surface area contributed by atoms with Crippen molar-refractivity contribution < 1.29 is 13.2 Å². The topological polar surface area (TPSA) is 67.4 Å². The Morgan fingerprint density at radius 2 is 2.05 bits per heavy atom. The van der Waals surface area contributed by atoms with E-state index in [4.69, 9.17) is 4.74 Å². The first kappa shape index (κ1) is 18.6. The molecular formula is C14H23BrN2O3S. The molecule has 120 valence electrons. The molecule has 0 fully saturated rings. The average molecular weight is 379 g/mol. The van der Waals surface area contributed by atoms with Gasteiger partial charge in [0, 0.05) is 17.6 Å². The molecule has 0 saturated carbocycles. The third-order valence-corrected chi connectivity index (χ3v) is 5.15. The van der Waals surface area contributed by atoms with Gasteiger partial charge in [0.05, 0.1) is 17.6 Å². The maximum atomic E-state index is 12.2. The number of nitrogens with one attached hydrogen (secondary N) is 2. The van der Waals surface area contributed by atoms with Crippen LogP contribution in [-0.4, -0.2) is 34.2 Å². The van der Waals surface area contributed by atoms with Gasteiger partial charge in [0.1, 0.15) is 0 Å². The lowest BCUT2D eigenvalue weighted by Gasteiger charge is -2.11. The second-order valence-electron chi connectivity index (χ2n) is 4.86. The predicted molar refractivity (Wildman–Crippen MR) is 87.8 cm³/mol. The zero-order valence-electron chi connectivity index (χ0n) is 12.6. The van der Waals surface area contributed by atoms with Crippen molar-refractivity contribution in [2.45, 2.75) is 38.3 Å². The highest BCUT2D eigenvalue weighted by molar-refractivity contribution is 9.10. The van der Waals surface area contributed by atoms with Crippen LogP contribution in [0.1, 0.15) is 26.3 Å². The molecule has 0 aromatic heterocycles. The summed E-state index contributed by atoms with van der Waals surface area (Å²) in [5.41, 5.74) is 1.03. The summed E-state index contributed by atoms with van der Waals surface area (Å²) >= 11 is 3.33. The summed E-state index contributed by atoms with van der Waals surface area (Å²) in [6.45, 7) is 8.04. The molecule has 0 unspecified atom stereocenters. The van der Waals surface area contributed by atoms with Crippen LogP contribution in [0.2, 0.25) is 0 Å². The number of benzene rings is 1. The summed E-state index contributed by atoms with van der Waals surface area (Å²) in [7, 11) is -3.52. The minimum Gasteiger partial charge on any atom is -0.377 e. The van der Waals surface area contributed by atoms with Crippen molar-refractivity contribution >= 4 is 26.0 Å². The van der Waals surface area contributed by atoms with Crippen LogP contribution in [0.5, 0.6) is 0 Å². The zero-order valence-corrected chi connectivity index (χ0v) is 15.1. The van der Waals surface area contributed by atoms with Crippen LogP contribution in [0.15, 0.2) is 27.6 Å². The van der Waals surface area contributed by atoms with E-state index in [1.54, 1.807) is 6.07 Å². The SMILES string of the molecule is CCNCc1ccc(S(=O)(=O)NCCOC(C)C)c(Br)c1. The van der Waals surface area contributed by atoms with Crippen LogP contribution < -0.4 is 10.0 Å². The van der Waals surface area contributed by atoms with Crippen LogP contribution in [0, 0.1) is 0 Å². The zero-order chi connectivity index (χ0) is 15.9. The van der Waals surface area contributed by atoms with Gasteiger partial charge in [-0.25, -0.2) is 13.1 Å². The first-order valence-electron chi connectivity index (χ1n) is 6.97. The fourth-order valence-corrected chi connectivity index (χ4v) is 3.83. The molecule has 0 bridgehead atoms. The molecule has 0 heterocycles. The lowest BCUT2D eigenvalue weighted by molar-refractivity contribution is 0.0834. The summed E-state index contributed by atoms with van der Waals surface area (Å²) in [5.74, 6) is 0. The highest BCUT2D eigenvalue weighted by atomic mass is 79.9. The molecule has 5 nitrogen and oxygen atoms in total. The van der Waals surface area contributed by atoms with Crippen LogP contribution in [0.4, 0.5) is 0 Å². The number of hydrogen-bond acceptors (Lipinski definition) is 4. The molecule has 1 rings (SSSR count). The molecule has 0 radical (unpaired) electrons. The monoisotopic (exact) mass is 378 g/mol. The minimum atomic E-state index is -3.52. The number of hydrogen-bond donors (Lipinski definition) is 2. The third kappa shape index (κ3) is 6.44. The van der Waals surface area contributed by atoms with Crippen molar-refractivity contribution in [3.8, 4) is 0 Å². The second-order valence-corrected chi connectivity index (χ2v) is 7.45. The van der Waals surface area contributed by atoms with Gasteiger partial charge in [0.15, 0.2) is 0 Å². The highest BCUT2D eigenvalue weighted by Crippen LogP contribution is 2.23. The van der Waals surface area contributed by atoms with Crippen molar-refractivity contribution in [3.05, 3.63) is 28.2 Å². The maximum absolute atomic E-state index is 12.2. The number of rotatable bonds is 9. The second kappa shape index (κ2) is 8.85. The van der Waals surface area contributed by atoms with E-state index in [-0.39, 0.29) is 17.5 Å². The first-order chi connectivity index (χ1) is 9.86. The molecule has 7 heteroatoms. The molecule has 0 amide bonds. The molecule has 0 aliphatic rings. The van der Waals surface area contributed by atoms with Crippen LogP contribution in [-0.2, 0) is 21.3 Å². The van der Waals surface area contributed by atoms with E-state index in [1.807, 2.05) is 32.9 Å². The van der Waals surface area contributed by atoms with Crippen molar-refractivity contribution in [1.82, 2.24) is 10.0 Å². The Hall–Kier alpha value is -0.470. The molecule has 0 aliphatic carbocycles. The van der Waals surface area contributed by atoms with E-state index >= 15 is 0 Å². The lowest BCUT2D eigenvalue weighted by atomic mass is 10.2. The smallest absolute Gasteiger partial charge is 0.241 e. The van der Waals surface area contributed by atoms with Gasteiger partial charge in [-0.2, -0.15) is 0 Å². The number of sulfonamides is 1. The Labute approximate surface area is 135 Å². The fraction of sp³-hybridized carbons (Fsp3) is 0.571. The van der Waals surface area contributed by atoms with Gasteiger partial charge in [0.25, 0.3) is 0 Å². The van der Waals surface area contributed by atoms with Crippen molar-refractivity contribution in [2.24, 2.45) is 0 Å². The van der Waals surface area contributed by atoms with E-state index in [2.05, 4.69) is 26.0 Å². The third-order valence-electron chi connectivity index (χ3n) is 2.71. The molecule has 21 heavy (non-hydrogen) atoms. The Kier molecular flexibility index (Phi) is 7.83. The standard InChI is InChI=1S/C14H23BrN2O3S/c1-4-16-10-12-5-6-14(13(15)9-12)21(18,19)17-7-8-20-11(2)3/h5-6,9,11,16-17H,4,7-8,10H2,1-3H3. The van der Waals surface area contributed by atoms with Gasteiger partial charge in [-0.3, -0.25) is 0 Å². The van der Waals surface area contributed by atoms with Gasteiger partial charge < -0.3 is 10.1 Å². The molecule has 0 saturated heterocycles. The minimum absolute atomic E-state index is 0.0894. The van der Waals surface area contributed by atoms with Crippen LogP contribution >= 0.6 is 15.9 Å². The molecular weight excluding hydrogens is 356 g/mol. The molecule has 0 atom stereocenters. The summed E-state index contributed by atoms with van der Waals surface area (Å²) in [4.78, 5) is 0.243. The van der Waals surface area contributed by atoms with Gasteiger partial charge in [-0.15, -0.1) is 0 Å². The maximum Gasteiger partial charge on any atom is 0.241 e. The average Bonchev–Trinajstić information content (AvgIpc) is 2.41. The van der Waals surface area contributed by atoms with E-state index in [1.165, 1.54) is 0 Å². The van der Waals surface area contributed by atoms with E-state index in [0.717, 1.165) is 12.1 Å². The first-order valence-corrected chi connectivity index (χ1v) is 9.25. The van der Waals surface area contributed by atoms with Crippen molar-refractivity contribution in [3.63, 3.8) is 0 Å². The summed E-state index contributed by atoms with van der Waals surface area (Å²) in [6, 6.07) is 5.25. The molecule has 1 aromatic carbocycles. The van der Waals surface area contributed by atoms with Gasteiger partial charge in [0.2, 0.25) is 10.0 Å². The predicted octanol–water partition coefficient (Wildman–Crippen LogP) is 2.26.